The molecular weight excluding hydrogens is 307 g/mol. The van der Waals surface area contributed by atoms with Gasteiger partial charge in [0.05, 0.1) is 6.61 Å². The number of hydrogen-bond acceptors (Lipinski definition) is 4. The maximum Gasteiger partial charge on any atom is 0.449 e. The molecule has 0 fully saturated rings. The monoisotopic (exact) mass is 323 g/mol. The Morgan fingerprint density at radius 1 is 1.45 bits per heavy atom. The first kappa shape index (κ1) is 17.8. The summed E-state index contributed by atoms with van der Waals surface area (Å²) >= 11 is 0. The van der Waals surface area contributed by atoms with Crippen molar-refractivity contribution < 1.29 is 32.6 Å². The quantitative estimate of drug-likeness (QED) is 0.740. The molecule has 124 valence electrons. The highest BCUT2D eigenvalue weighted by atomic mass is 19.4. The molecule has 0 aliphatic carbocycles. The normalized spacial score (nSPS) is 13.0. The number of ether oxygens (including phenoxy) is 1. The van der Waals surface area contributed by atoms with Gasteiger partial charge in [-0.2, -0.15) is 13.2 Å². The lowest BCUT2D eigenvalue weighted by Gasteiger charge is -2.14. The van der Waals surface area contributed by atoms with E-state index in [0.717, 1.165) is 6.20 Å². The lowest BCUT2D eigenvalue weighted by Crippen LogP contribution is -2.43. The Morgan fingerprint density at radius 2 is 2.09 bits per heavy atom. The van der Waals surface area contributed by atoms with Crippen LogP contribution in [0.15, 0.2) is 6.20 Å². The van der Waals surface area contributed by atoms with Crippen molar-refractivity contribution in [3.63, 3.8) is 0 Å². The van der Waals surface area contributed by atoms with E-state index in [-0.39, 0.29) is 24.6 Å². The summed E-state index contributed by atoms with van der Waals surface area (Å²) in [5.41, 5.74) is -0.0658. The summed E-state index contributed by atoms with van der Waals surface area (Å²) in [4.78, 5) is 27.6. The summed E-state index contributed by atoms with van der Waals surface area (Å²) in [7, 11) is 0. The topological polar surface area (TPSA) is 104 Å². The van der Waals surface area contributed by atoms with E-state index >= 15 is 0 Å². The van der Waals surface area contributed by atoms with E-state index < -0.39 is 30.1 Å². The van der Waals surface area contributed by atoms with Gasteiger partial charge in [-0.25, -0.2) is 14.6 Å². The zero-order valence-corrected chi connectivity index (χ0v) is 11.9. The van der Waals surface area contributed by atoms with Crippen LogP contribution < -0.4 is 5.32 Å². The summed E-state index contributed by atoms with van der Waals surface area (Å²) in [5.74, 6) is -2.56. The van der Waals surface area contributed by atoms with Crippen LogP contribution in [0.25, 0.3) is 0 Å². The number of amides is 1. The minimum atomic E-state index is -4.65. The smallest absolute Gasteiger partial charge is 0.449 e. The molecule has 0 aliphatic heterocycles. The summed E-state index contributed by atoms with van der Waals surface area (Å²) in [6.07, 6.45) is -5.10. The van der Waals surface area contributed by atoms with Crippen LogP contribution in [0.3, 0.4) is 0 Å². The molecule has 0 spiro atoms. The first-order valence-corrected chi connectivity index (χ1v) is 6.36. The number of carbonyl (C=O) groups excluding carboxylic acids is 1. The molecule has 22 heavy (non-hydrogen) atoms. The number of aliphatic carboxylic acids is 1. The average Bonchev–Trinajstić information content (AvgIpc) is 2.84. The fourth-order valence-electron chi connectivity index (χ4n) is 1.45. The van der Waals surface area contributed by atoms with E-state index in [1.807, 2.05) is 4.98 Å². The number of H-pyrrole nitrogens is 1. The molecule has 0 aromatic carbocycles. The number of carboxylic acids is 1. The molecule has 0 bridgehead atoms. The fraction of sp³-hybridized carbons (Fsp3) is 0.583. The molecule has 1 unspecified atom stereocenters. The number of carboxylic acid groups (broad SMARTS) is 1. The first-order valence-electron chi connectivity index (χ1n) is 6.36. The van der Waals surface area contributed by atoms with Crippen LogP contribution in [0.1, 0.15) is 25.4 Å². The predicted octanol–water partition coefficient (Wildman–Crippen LogP) is 1.81. The number of aromatic nitrogens is 2. The van der Waals surface area contributed by atoms with Crippen molar-refractivity contribution in [1.82, 2.24) is 15.3 Å². The van der Waals surface area contributed by atoms with Crippen molar-refractivity contribution in [1.29, 1.82) is 0 Å². The molecule has 1 rings (SSSR count). The highest BCUT2D eigenvalue weighted by Gasteiger charge is 2.34. The average molecular weight is 323 g/mol. The van der Waals surface area contributed by atoms with E-state index in [2.05, 4.69) is 10.3 Å². The van der Waals surface area contributed by atoms with Crippen LogP contribution in [0, 0.1) is 5.92 Å². The third kappa shape index (κ3) is 5.62. The Morgan fingerprint density at radius 3 is 2.55 bits per heavy atom. The lowest BCUT2D eigenvalue weighted by atomic mass is 10.2. The van der Waals surface area contributed by atoms with Crippen molar-refractivity contribution in [3.8, 4) is 0 Å². The Labute approximate surface area is 123 Å². The van der Waals surface area contributed by atoms with Crippen LogP contribution >= 0.6 is 0 Å². The Bertz CT molecular complexity index is 528. The van der Waals surface area contributed by atoms with Crippen LogP contribution in [0.5, 0.6) is 0 Å². The maximum atomic E-state index is 12.4. The molecule has 1 amide bonds. The second-order valence-electron chi connectivity index (χ2n) is 4.99. The first-order chi connectivity index (χ1) is 10.1. The van der Waals surface area contributed by atoms with Crippen LogP contribution in [0.4, 0.5) is 18.0 Å². The molecule has 1 aromatic rings. The number of alkyl carbamates (subject to hydrolysis) is 1. The van der Waals surface area contributed by atoms with E-state index in [1.54, 1.807) is 13.8 Å². The van der Waals surface area contributed by atoms with E-state index in [9.17, 15) is 22.8 Å². The van der Waals surface area contributed by atoms with Gasteiger partial charge in [-0.3, -0.25) is 0 Å². The number of halogens is 3. The standard InChI is InChI=1S/C12H16F3N3O4/c1-6(2)5-22-11(21)18-8(9(19)20)3-7-4-16-10(17-7)12(13,14)15/h4,6,8H,3,5H2,1-2H3,(H,16,17)(H,18,21)(H,19,20). The van der Waals surface area contributed by atoms with Gasteiger partial charge in [-0.05, 0) is 5.92 Å². The van der Waals surface area contributed by atoms with Gasteiger partial charge in [0, 0.05) is 18.3 Å². The number of carbonyl (C=O) groups is 2. The Balaban J connectivity index is 2.67. The van der Waals surface area contributed by atoms with Gasteiger partial charge in [0.2, 0.25) is 5.82 Å². The zero-order valence-electron chi connectivity index (χ0n) is 11.9. The minimum absolute atomic E-state index is 0.0657. The Hall–Kier alpha value is -2.26. The maximum absolute atomic E-state index is 12.4. The predicted molar refractivity (Wildman–Crippen MR) is 68.0 cm³/mol. The molecular formula is C12H16F3N3O4. The highest BCUT2D eigenvalue weighted by molar-refractivity contribution is 5.80. The number of hydrogen-bond donors (Lipinski definition) is 3. The molecule has 10 heteroatoms. The Kier molecular flexibility index (Phi) is 5.77. The van der Waals surface area contributed by atoms with Gasteiger partial charge in [-0.1, -0.05) is 13.8 Å². The fourth-order valence-corrected chi connectivity index (χ4v) is 1.45. The van der Waals surface area contributed by atoms with Crippen molar-refractivity contribution in [2.24, 2.45) is 5.92 Å². The summed E-state index contributed by atoms with van der Waals surface area (Å²) in [6.45, 7) is 3.69. The summed E-state index contributed by atoms with van der Waals surface area (Å²) in [5, 5.41) is 11.1. The molecule has 3 N–H and O–H groups in total. The van der Waals surface area contributed by atoms with Crippen molar-refractivity contribution >= 4 is 12.1 Å². The van der Waals surface area contributed by atoms with Crippen molar-refractivity contribution in [3.05, 3.63) is 17.7 Å². The van der Waals surface area contributed by atoms with E-state index in [4.69, 9.17) is 9.84 Å². The van der Waals surface area contributed by atoms with Crippen LogP contribution in [-0.2, 0) is 22.1 Å². The second kappa shape index (κ2) is 7.14. The molecule has 0 radical (unpaired) electrons. The second-order valence-corrected chi connectivity index (χ2v) is 4.99. The van der Waals surface area contributed by atoms with Crippen molar-refractivity contribution in [2.75, 3.05) is 6.61 Å². The summed E-state index contributed by atoms with van der Waals surface area (Å²) in [6, 6.07) is -1.43. The molecule has 1 aromatic heterocycles. The zero-order chi connectivity index (χ0) is 16.9. The highest BCUT2D eigenvalue weighted by Crippen LogP contribution is 2.26. The number of nitrogens with one attached hydrogen (secondary N) is 2. The van der Waals surface area contributed by atoms with E-state index in [1.165, 1.54) is 0 Å². The number of aromatic amines is 1. The number of rotatable bonds is 6. The van der Waals surface area contributed by atoms with Gasteiger partial charge in [0.1, 0.15) is 6.04 Å². The largest absolute Gasteiger partial charge is 0.480 e. The molecule has 0 aliphatic rings. The van der Waals surface area contributed by atoms with E-state index in [0.29, 0.717) is 0 Å². The van der Waals surface area contributed by atoms with Crippen LogP contribution in [-0.4, -0.2) is 39.8 Å². The third-order valence-electron chi connectivity index (χ3n) is 2.46. The molecule has 7 nitrogen and oxygen atoms in total. The van der Waals surface area contributed by atoms with Gasteiger partial charge in [0.25, 0.3) is 0 Å². The van der Waals surface area contributed by atoms with Gasteiger partial charge in [0.15, 0.2) is 0 Å². The van der Waals surface area contributed by atoms with Crippen LogP contribution in [0.2, 0.25) is 0 Å². The SMILES string of the molecule is CC(C)COC(=O)NC(Cc1cnc(C(F)(F)F)[nH]1)C(=O)O. The lowest BCUT2D eigenvalue weighted by molar-refractivity contribution is -0.144. The molecule has 1 atom stereocenters. The minimum Gasteiger partial charge on any atom is -0.480 e. The molecule has 1 heterocycles. The molecule has 0 saturated heterocycles. The number of nitrogens with zero attached hydrogens (tertiary/aromatic N) is 1. The molecule has 0 saturated carbocycles. The van der Waals surface area contributed by atoms with Gasteiger partial charge < -0.3 is 20.1 Å². The van der Waals surface area contributed by atoms with Gasteiger partial charge in [-0.15, -0.1) is 0 Å². The number of imidazole rings is 1. The van der Waals surface area contributed by atoms with Gasteiger partial charge >= 0.3 is 18.2 Å². The van der Waals surface area contributed by atoms with Crippen molar-refractivity contribution in [2.45, 2.75) is 32.5 Å². The third-order valence-corrected chi connectivity index (χ3v) is 2.46. The summed E-state index contributed by atoms with van der Waals surface area (Å²) < 4.78 is 41.9. The number of alkyl halides is 3.